The van der Waals surface area contributed by atoms with Crippen molar-refractivity contribution >= 4 is 28.5 Å². The van der Waals surface area contributed by atoms with E-state index in [2.05, 4.69) is 11.9 Å². The largest absolute Gasteiger partial charge is 0.507 e. The highest BCUT2D eigenvalue weighted by molar-refractivity contribution is 14.1. The number of phenols is 1. The molecule has 16 heavy (non-hydrogen) atoms. The second kappa shape index (κ2) is 5.89. The number of aromatic hydroxyl groups is 1. The Labute approximate surface area is 109 Å². The molecule has 3 nitrogen and oxygen atoms in total. The average Bonchev–Trinajstić information content (AvgIpc) is 2.22. The number of hydrogen-bond acceptors (Lipinski definition) is 2. The summed E-state index contributed by atoms with van der Waals surface area (Å²) >= 11 is 2.01. The van der Waals surface area contributed by atoms with Gasteiger partial charge in [-0.1, -0.05) is 6.08 Å². The molecule has 0 heterocycles. The minimum atomic E-state index is -0.180. The summed E-state index contributed by atoms with van der Waals surface area (Å²) in [5, 5.41) is 12.3. The van der Waals surface area contributed by atoms with E-state index in [4.69, 9.17) is 0 Å². The minimum Gasteiger partial charge on any atom is -0.507 e. The predicted octanol–water partition coefficient (Wildman–Crippen LogP) is 2.69. The Balaban J connectivity index is 2.73. The molecule has 2 N–H and O–H groups in total. The van der Waals surface area contributed by atoms with Gasteiger partial charge in [-0.3, -0.25) is 4.79 Å². The van der Waals surface area contributed by atoms with Gasteiger partial charge in [-0.15, -0.1) is 6.58 Å². The number of nitrogens with one attached hydrogen (secondary N) is 1. The first-order valence-corrected chi connectivity index (χ1v) is 6.02. The van der Waals surface area contributed by atoms with Crippen molar-refractivity contribution in [1.82, 2.24) is 5.32 Å². The van der Waals surface area contributed by atoms with Crippen LogP contribution < -0.4 is 5.32 Å². The third-order valence-corrected chi connectivity index (χ3v) is 3.02. The van der Waals surface area contributed by atoms with Crippen LogP contribution in [0.1, 0.15) is 23.7 Å². The van der Waals surface area contributed by atoms with Crippen molar-refractivity contribution < 1.29 is 9.90 Å². The van der Waals surface area contributed by atoms with Gasteiger partial charge in [0.25, 0.3) is 5.91 Å². The quantitative estimate of drug-likeness (QED) is 0.658. The van der Waals surface area contributed by atoms with Gasteiger partial charge in [0.2, 0.25) is 0 Å². The summed E-state index contributed by atoms with van der Waals surface area (Å²) in [5.74, 6) is -0.0503. The van der Waals surface area contributed by atoms with Crippen LogP contribution in [-0.4, -0.2) is 17.1 Å². The number of hydrogen-bond donors (Lipinski definition) is 2. The maximum atomic E-state index is 11.7. The molecule has 1 rings (SSSR count). The summed E-state index contributed by atoms with van der Waals surface area (Å²) in [6.07, 6.45) is 2.48. The maximum absolute atomic E-state index is 11.7. The Morgan fingerprint density at radius 2 is 2.38 bits per heavy atom. The van der Waals surface area contributed by atoms with Crippen LogP contribution in [0.2, 0.25) is 0 Å². The fourth-order valence-electron chi connectivity index (χ4n) is 1.27. The van der Waals surface area contributed by atoms with E-state index in [0.29, 0.717) is 5.56 Å². The molecule has 0 fully saturated rings. The molecule has 4 heteroatoms. The van der Waals surface area contributed by atoms with E-state index < -0.39 is 0 Å². The molecule has 0 aliphatic heterocycles. The van der Waals surface area contributed by atoms with Crippen LogP contribution in [0.5, 0.6) is 5.75 Å². The third kappa shape index (κ3) is 3.52. The lowest BCUT2D eigenvalue weighted by atomic mass is 10.1. The van der Waals surface area contributed by atoms with Crippen LogP contribution in [-0.2, 0) is 0 Å². The van der Waals surface area contributed by atoms with Gasteiger partial charge in [-0.05, 0) is 54.1 Å². The third-order valence-electron chi connectivity index (χ3n) is 2.11. The average molecular weight is 331 g/mol. The molecule has 0 aliphatic carbocycles. The van der Waals surface area contributed by atoms with Crippen LogP contribution in [0, 0.1) is 3.57 Å². The number of phenolic OH excluding ortho intramolecular Hbond substituents is 1. The van der Waals surface area contributed by atoms with Crippen molar-refractivity contribution in [3.63, 3.8) is 0 Å². The zero-order valence-corrected chi connectivity index (χ0v) is 11.2. The Morgan fingerprint density at radius 3 is 2.94 bits per heavy atom. The number of halogens is 1. The highest BCUT2D eigenvalue weighted by Crippen LogP contribution is 2.20. The molecule has 1 aromatic carbocycles. The van der Waals surface area contributed by atoms with E-state index in [1.165, 1.54) is 6.07 Å². The van der Waals surface area contributed by atoms with E-state index in [1.54, 1.807) is 18.2 Å². The van der Waals surface area contributed by atoms with Gasteiger partial charge in [0.1, 0.15) is 5.75 Å². The van der Waals surface area contributed by atoms with Crippen molar-refractivity contribution in [1.29, 1.82) is 0 Å². The van der Waals surface area contributed by atoms with Crippen molar-refractivity contribution in [3.05, 3.63) is 40.0 Å². The topological polar surface area (TPSA) is 49.3 Å². The smallest absolute Gasteiger partial charge is 0.251 e. The van der Waals surface area contributed by atoms with Crippen molar-refractivity contribution in [2.45, 2.75) is 19.4 Å². The van der Waals surface area contributed by atoms with Gasteiger partial charge >= 0.3 is 0 Å². The lowest BCUT2D eigenvalue weighted by Crippen LogP contribution is -2.32. The van der Waals surface area contributed by atoms with E-state index in [1.807, 2.05) is 29.5 Å². The Morgan fingerprint density at radius 1 is 1.69 bits per heavy atom. The zero-order chi connectivity index (χ0) is 12.1. The summed E-state index contributed by atoms with van der Waals surface area (Å²) in [4.78, 5) is 11.7. The molecule has 86 valence electrons. The van der Waals surface area contributed by atoms with Gasteiger partial charge in [0.05, 0.1) is 3.57 Å². The van der Waals surface area contributed by atoms with Crippen molar-refractivity contribution in [2.75, 3.05) is 0 Å². The number of rotatable bonds is 4. The number of carbonyl (C=O) groups excluding carboxylic acids is 1. The fourth-order valence-corrected chi connectivity index (χ4v) is 1.61. The lowest BCUT2D eigenvalue weighted by molar-refractivity contribution is 0.0940. The van der Waals surface area contributed by atoms with Crippen LogP contribution in [0.3, 0.4) is 0 Å². The number of carbonyl (C=O) groups is 1. The first-order valence-electron chi connectivity index (χ1n) is 4.95. The van der Waals surface area contributed by atoms with E-state index >= 15 is 0 Å². The van der Waals surface area contributed by atoms with E-state index in [-0.39, 0.29) is 17.7 Å². The molecule has 0 bridgehead atoms. The van der Waals surface area contributed by atoms with Gasteiger partial charge in [-0.25, -0.2) is 0 Å². The monoisotopic (exact) mass is 331 g/mol. The van der Waals surface area contributed by atoms with E-state index in [9.17, 15) is 9.90 Å². The summed E-state index contributed by atoms with van der Waals surface area (Å²) in [6.45, 7) is 5.52. The van der Waals surface area contributed by atoms with E-state index in [0.717, 1.165) is 9.99 Å². The second-order valence-electron chi connectivity index (χ2n) is 3.57. The maximum Gasteiger partial charge on any atom is 0.251 e. The molecule has 1 unspecified atom stereocenters. The number of benzene rings is 1. The first kappa shape index (κ1) is 13.0. The lowest BCUT2D eigenvalue weighted by Gasteiger charge is -2.11. The Hall–Kier alpha value is -1.04. The summed E-state index contributed by atoms with van der Waals surface area (Å²) in [5.41, 5.74) is 0.467. The van der Waals surface area contributed by atoms with Crippen LogP contribution >= 0.6 is 22.6 Å². The molecule has 0 spiro atoms. The number of amides is 1. The molecule has 0 saturated carbocycles. The van der Waals surface area contributed by atoms with Crippen molar-refractivity contribution in [2.24, 2.45) is 0 Å². The summed E-state index contributed by atoms with van der Waals surface area (Å²) in [7, 11) is 0. The predicted molar refractivity (Wildman–Crippen MR) is 72.6 cm³/mol. The standard InChI is InChI=1S/C12H14INO2/c1-3-4-8(2)14-12(16)9-5-6-10(13)11(15)7-9/h3,5-8,15H,1,4H2,2H3,(H,14,16). The van der Waals surface area contributed by atoms with Gasteiger partial charge in [0, 0.05) is 11.6 Å². The SMILES string of the molecule is C=CCC(C)NC(=O)c1ccc(I)c(O)c1. The molecule has 1 atom stereocenters. The molecular formula is C12H14INO2. The molecule has 1 aromatic rings. The van der Waals surface area contributed by atoms with Crippen LogP contribution in [0.4, 0.5) is 0 Å². The Bertz CT molecular complexity index is 404. The van der Waals surface area contributed by atoms with Crippen molar-refractivity contribution in [3.8, 4) is 5.75 Å². The van der Waals surface area contributed by atoms with Crippen LogP contribution in [0.15, 0.2) is 30.9 Å². The Kier molecular flexibility index (Phi) is 4.79. The summed E-state index contributed by atoms with van der Waals surface area (Å²) in [6, 6.07) is 4.92. The fraction of sp³-hybridized carbons (Fsp3) is 0.250. The highest BCUT2D eigenvalue weighted by atomic mass is 127. The summed E-state index contributed by atoms with van der Waals surface area (Å²) < 4.78 is 0.730. The zero-order valence-electron chi connectivity index (χ0n) is 9.03. The molecule has 0 saturated heterocycles. The van der Waals surface area contributed by atoms with Gasteiger partial charge in [0.15, 0.2) is 0 Å². The minimum absolute atomic E-state index is 0.0476. The molecular weight excluding hydrogens is 317 g/mol. The molecule has 0 aliphatic rings. The van der Waals surface area contributed by atoms with Gasteiger partial charge < -0.3 is 10.4 Å². The molecule has 0 radical (unpaired) electrons. The highest BCUT2D eigenvalue weighted by Gasteiger charge is 2.10. The molecule has 0 aromatic heterocycles. The first-order chi connectivity index (χ1) is 7.54. The molecule has 1 amide bonds. The van der Waals surface area contributed by atoms with Gasteiger partial charge in [-0.2, -0.15) is 0 Å². The van der Waals surface area contributed by atoms with Crippen LogP contribution in [0.25, 0.3) is 0 Å². The second-order valence-corrected chi connectivity index (χ2v) is 4.73. The normalized spacial score (nSPS) is 11.9.